The lowest BCUT2D eigenvalue weighted by Crippen LogP contribution is -2.26. The largest absolute Gasteiger partial charge is 0.495 e. The first-order valence-corrected chi connectivity index (χ1v) is 6.11. The van der Waals surface area contributed by atoms with Crippen LogP contribution in [0, 0.1) is 0 Å². The van der Waals surface area contributed by atoms with Crippen molar-refractivity contribution < 1.29 is 18.7 Å². The van der Waals surface area contributed by atoms with Crippen LogP contribution in [0.3, 0.4) is 0 Å². The van der Waals surface area contributed by atoms with Crippen molar-refractivity contribution in [2.75, 3.05) is 27.4 Å². The Morgan fingerprint density at radius 3 is 2.95 bits per heavy atom. The lowest BCUT2D eigenvalue weighted by Gasteiger charge is -2.02. The SMILES string of the molecule is COCCNC(=O)c1ccc(-c2cncc(OC)c2)o1. The second-order valence-electron chi connectivity index (χ2n) is 4.03. The van der Waals surface area contributed by atoms with Crippen molar-refractivity contribution in [3.8, 4) is 17.1 Å². The maximum absolute atomic E-state index is 11.8. The van der Waals surface area contributed by atoms with E-state index in [1.165, 1.54) is 0 Å². The molecule has 2 heterocycles. The quantitative estimate of drug-likeness (QED) is 0.813. The summed E-state index contributed by atoms with van der Waals surface area (Å²) < 4.78 is 15.5. The zero-order chi connectivity index (χ0) is 14.4. The van der Waals surface area contributed by atoms with Gasteiger partial charge in [0.1, 0.15) is 11.5 Å². The van der Waals surface area contributed by atoms with E-state index in [1.54, 1.807) is 44.8 Å². The third-order valence-electron chi connectivity index (χ3n) is 2.65. The molecule has 6 heteroatoms. The Hall–Kier alpha value is -2.34. The minimum Gasteiger partial charge on any atom is -0.495 e. The number of rotatable bonds is 6. The maximum Gasteiger partial charge on any atom is 0.287 e. The molecule has 0 saturated heterocycles. The number of pyridine rings is 1. The number of carbonyl (C=O) groups is 1. The number of hydrogen-bond acceptors (Lipinski definition) is 5. The summed E-state index contributed by atoms with van der Waals surface area (Å²) in [7, 11) is 3.14. The van der Waals surface area contributed by atoms with Gasteiger partial charge in [0, 0.05) is 25.4 Å². The Balaban J connectivity index is 2.09. The van der Waals surface area contributed by atoms with Crippen LogP contribution in [0.5, 0.6) is 5.75 Å². The molecule has 0 aliphatic carbocycles. The van der Waals surface area contributed by atoms with Crippen LogP contribution in [0.2, 0.25) is 0 Å². The fourth-order valence-corrected chi connectivity index (χ4v) is 1.63. The fourth-order valence-electron chi connectivity index (χ4n) is 1.63. The van der Waals surface area contributed by atoms with Crippen LogP contribution in [0.1, 0.15) is 10.6 Å². The highest BCUT2D eigenvalue weighted by Gasteiger charge is 2.12. The molecule has 0 aliphatic rings. The molecule has 0 aromatic carbocycles. The molecule has 1 amide bonds. The third kappa shape index (κ3) is 3.36. The summed E-state index contributed by atoms with van der Waals surface area (Å²) in [6, 6.07) is 5.14. The predicted octanol–water partition coefficient (Wildman–Crippen LogP) is 1.73. The molecule has 0 atom stereocenters. The zero-order valence-electron chi connectivity index (χ0n) is 11.4. The second kappa shape index (κ2) is 6.72. The molecule has 0 unspecified atom stereocenters. The van der Waals surface area contributed by atoms with Crippen LogP contribution < -0.4 is 10.1 Å². The normalized spacial score (nSPS) is 10.3. The molecule has 0 bridgehead atoms. The number of hydrogen-bond donors (Lipinski definition) is 1. The Bertz CT molecular complexity index is 580. The number of amides is 1. The first-order chi connectivity index (χ1) is 9.74. The lowest BCUT2D eigenvalue weighted by atomic mass is 10.2. The van der Waals surface area contributed by atoms with E-state index in [2.05, 4.69) is 10.3 Å². The van der Waals surface area contributed by atoms with Crippen molar-refractivity contribution in [2.45, 2.75) is 0 Å². The molecule has 6 nitrogen and oxygen atoms in total. The van der Waals surface area contributed by atoms with Gasteiger partial charge in [0.15, 0.2) is 5.76 Å². The molecular formula is C14H16N2O4. The van der Waals surface area contributed by atoms with E-state index < -0.39 is 0 Å². The first kappa shape index (κ1) is 14.1. The van der Waals surface area contributed by atoms with Crippen LogP contribution in [0.25, 0.3) is 11.3 Å². The van der Waals surface area contributed by atoms with E-state index >= 15 is 0 Å². The number of ether oxygens (including phenoxy) is 2. The highest BCUT2D eigenvalue weighted by atomic mass is 16.5. The number of nitrogens with zero attached hydrogens (tertiary/aromatic N) is 1. The molecule has 2 aromatic rings. The van der Waals surface area contributed by atoms with Gasteiger partial charge in [0.05, 0.1) is 19.9 Å². The van der Waals surface area contributed by atoms with Gasteiger partial charge in [0.25, 0.3) is 5.91 Å². The molecule has 1 N–H and O–H groups in total. The van der Waals surface area contributed by atoms with Gasteiger partial charge in [-0.15, -0.1) is 0 Å². The van der Waals surface area contributed by atoms with Crippen molar-refractivity contribution in [3.05, 3.63) is 36.4 Å². The van der Waals surface area contributed by atoms with Gasteiger partial charge >= 0.3 is 0 Å². The Morgan fingerprint density at radius 1 is 1.35 bits per heavy atom. The smallest absolute Gasteiger partial charge is 0.287 e. The van der Waals surface area contributed by atoms with Gasteiger partial charge in [0.2, 0.25) is 0 Å². The van der Waals surface area contributed by atoms with Crippen LogP contribution >= 0.6 is 0 Å². The second-order valence-corrected chi connectivity index (χ2v) is 4.03. The minimum atomic E-state index is -0.274. The minimum absolute atomic E-state index is 0.249. The van der Waals surface area contributed by atoms with E-state index in [-0.39, 0.29) is 11.7 Å². The summed E-state index contributed by atoms with van der Waals surface area (Å²) >= 11 is 0. The number of nitrogens with one attached hydrogen (secondary N) is 1. The van der Waals surface area contributed by atoms with Gasteiger partial charge in [-0.3, -0.25) is 9.78 Å². The van der Waals surface area contributed by atoms with Crippen LogP contribution in [0.15, 0.2) is 35.0 Å². The molecule has 106 valence electrons. The molecule has 20 heavy (non-hydrogen) atoms. The number of carbonyl (C=O) groups excluding carboxylic acids is 1. The molecular weight excluding hydrogens is 260 g/mol. The highest BCUT2D eigenvalue weighted by Crippen LogP contribution is 2.24. The van der Waals surface area contributed by atoms with Crippen molar-refractivity contribution in [1.29, 1.82) is 0 Å². The van der Waals surface area contributed by atoms with E-state index in [0.717, 1.165) is 5.56 Å². The van der Waals surface area contributed by atoms with Crippen molar-refractivity contribution in [1.82, 2.24) is 10.3 Å². The average Bonchev–Trinajstić information content (AvgIpc) is 2.97. The number of furan rings is 1. The summed E-state index contributed by atoms with van der Waals surface area (Å²) in [6.45, 7) is 0.894. The van der Waals surface area contributed by atoms with E-state index in [1.807, 2.05) is 0 Å². The highest BCUT2D eigenvalue weighted by molar-refractivity contribution is 5.92. The summed E-state index contributed by atoms with van der Waals surface area (Å²) in [6.07, 6.45) is 3.25. The molecule has 2 rings (SSSR count). The maximum atomic E-state index is 11.8. The monoisotopic (exact) mass is 276 g/mol. The Labute approximate surface area is 116 Å². The van der Waals surface area contributed by atoms with E-state index in [0.29, 0.717) is 24.7 Å². The van der Waals surface area contributed by atoms with Crippen molar-refractivity contribution in [2.24, 2.45) is 0 Å². The molecule has 0 spiro atoms. The van der Waals surface area contributed by atoms with Crippen molar-refractivity contribution in [3.63, 3.8) is 0 Å². The van der Waals surface area contributed by atoms with E-state index in [4.69, 9.17) is 13.9 Å². The molecule has 2 aromatic heterocycles. The topological polar surface area (TPSA) is 73.6 Å². The Morgan fingerprint density at radius 2 is 2.20 bits per heavy atom. The fraction of sp³-hybridized carbons (Fsp3) is 0.286. The van der Waals surface area contributed by atoms with Gasteiger partial charge in [-0.25, -0.2) is 0 Å². The molecule has 0 radical (unpaired) electrons. The summed E-state index contributed by atoms with van der Waals surface area (Å²) in [5, 5.41) is 2.69. The van der Waals surface area contributed by atoms with Gasteiger partial charge in [-0.1, -0.05) is 0 Å². The van der Waals surface area contributed by atoms with Crippen molar-refractivity contribution >= 4 is 5.91 Å². The molecule has 0 fully saturated rings. The van der Waals surface area contributed by atoms with Crippen LogP contribution in [-0.4, -0.2) is 38.3 Å². The Kier molecular flexibility index (Phi) is 4.73. The lowest BCUT2D eigenvalue weighted by molar-refractivity contribution is 0.0910. The van der Waals surface area contributed by atoms with Gasteiger partial charge < -0.3 is 19.2 Å². The third-order valence-corrected chi connectivity index (χ3v) is 2.65. The molecule has 0 aliphatic heterocycles. The molecule has 0 saturated carbocycles. The summed E-state index contributed by atoms with van der Waals surface area (Å²) in [5.41, 5.74) is 0.750. The zero-order valence-corrected chi connectivity index (χ0v) is 11.4. The standard InChI is InChI=1S/C14H16N2O4/c1-18-6-5-16-14(17)13-4-3-12(20-13)10-7-11(19-2)9-15-8-10/h3-4,7-9H,5-6H2,1-2H3,(H,16,17). The number of aromatic nitrogens is 1. The first-order valence-electron chi connectivity index (χ1n) is 6.11. The number of methoxy groups -OCH3 is 2. The summed E-state index contributed by atoms with van der Waals surface area (Å²) in [5.74, 6) is 1.17. The van der Waals surface area contributed by atoms with Gasteiger partial charge in [-0.05, 0) is 18.2 Å². The van der Waals surface area contributed by atoms with Crippen LogP contribution in [-0.2, 0) is 4.74 Å². The van der Waals surface area contributed by atoms with E-state index in [9.17, 15) is 4.79 Å². The summed E-state index contributed by atoms with van der Waals surface area (Å²) in [4.78, 5) is 15.8. The van der Waals surface area contributed by atoms with Gasteiger partial charge in [-0.2, -0.15) is 0 Å². The van der Waals surface area contributed by atoms with Crippen LogP contribution in [0.4, 0.5) is 0 Å². The predicted molar refractivity (Wildman–Crippen MR) is 72.7 cm³/mol. The average molecular weight is 276 g/mol.